The zero-order valence-electron chi connectivity index (χ0n) is 17.2. The van der Waals surface area contributed by atoms with Gasteiger partial charge in [-0.3, -0.25) is 8.77 Å². The summed E-state index contributed by atoms with van der Waals surface area (Å²) in [4.78, 5) is 12.2. The molecule has 4 aromatic rings. The fourth-order valence-corrected chi connectivity index (χ4v) is 4.28. The first-order valence-electron chi connectivity index (χ1n) is 9.96. The lowest BCUT2D eigenvalue weighted by molar-refractivity contribution is -0.140. The summed E-state index contributed by atoms with van der Waals surface area (Å²) in [5.41, 5.74) is 7.27. The number of primary amides is 1. The molecule has 1 heterocycles. The van der Waals surface area contributed by atoms with Crippen LogP contribution in [-0.2, 0) is 19.3 Å². The molecule has 3 aromatic carbocycles. The molecule has 0 aliphatic carbocycles. The first kappa shape index (κ1) is 22.9. The van der Waals surface area contributed by atoms with E-state index in [0.717, 1.165) is 10.9 Å². The van der Waals surface area contributed by atoms with E-state index in [-0.39, 0.29) is 24.3 Å². The number of rotatable bonds is 6. The van der Waals surface area contributed by atoms with Crippen molar-refractivity contribution in [2.45, 2.75) is 19.3 Å². The number of benzene rings is 3. The normalized spacial score (nSPS) is 11.8. The summed E-state index contributed by atoms with van der Waals surface area (Å²) in [6, 6.07) is 17.8. The second-order valence-electron chi connectivity index (χ2n) is 7.45. The van der Waals surface area contributed by atoms with Crippen molar-refractivity contribution in [1.82, 2.24) is 9.29 Å². The summed E-state index contributed by atoms with van der Waals surface area (Å²) in [6.07, 6.45) is -4.76. The summed E-state index contributed by atoms with van der Waals surface area (Å²) in [5.74, 6) is -1.94. The number of halogens is 4. The first-order chi connectivity index (χ1) is 15.7. The molecule has 0 saturated heterocycles. The molecule has 4 rings (SSSR count). The van der Waals surface area contributed by atoms with E-state index in [1.54, 1.807) is 12.1 Å². The largest absolute Gasteiger partial charge is 0.419 e. The van der Waals surface area contributed by atoms with Crippen molar-refractivity contribution in [1.29, 1.82) is 0 Å². The molecule has 0 spiro atoms. The van der Waals surface area contributed by atoms with Crippen LogP contribution in [0.25, 0.3) is 22.0 Å². The number of aromatic nitrogens is 1. The number of nitrogens with zero attached hydrogens (tertiary/aromatic N) is 1. The summed E-state index contributed by atoms with van der Waals surface area (Å²) in [6.45, 7) is 0.108. The van der Waals surface area contributed by atoms with E-state index in [2.05, 4.69) is 18.1 Å². The Bertz CT molecular complexity index is 1350. The Morgan fingerprint density at radius 1 is 0.939 bits per heavy atom. The smallest absolute Gasteiger partial charge is 0.364 e. The van der Waals surface area contributed by atoms with Crippen LogP contribution in [0.5, 0.6) is 0 Å². The third-order valence-corrected chi connectivity index (χ3v) is 5.80. The van der Waals surface area contributed by atoms with Crippen molar-refractivity contribution >= 4 is 29.6 Å². The Labute approximate surface area is 192 Å². The molecule has 33 heavy (non-hydrogen) atoms. The van der Waals surface area contributed by atoms with Gasteiger partial charge in [-0.25, -0.2) is 4.39 Å². The van der Waals surface area contributed by atoms with Crippen LogP contribution in [0.4, 0.5) is 17.6 Å². The maximum atomic E-state index is 14.3. The molecule has 170 valence electrons. The van der Waals surface area contributed by atoms with E-state index in [1.165, 1.54) is 16.1 Å². The molecule has 0 saturated carbocycles. The number of nitrogens with two attached hydrogens (primary N) is 1. The molecule has 0 unspecified atom stereocenters. The predicted octanol–water partition coefficient (Wildman–Crippen LogP) is 5.55. The lowest BCUT2D eigenvalue weighted by Gasteiger charge is -2.14. The van der Waals surface area contributed by atoms with Gasteiger partial charge in [-0.15, -0.1) is 0 Å². The topological polar surface area (TPSA) is 60.1 Å². The van der Waals surface area contributed by atoms with Gasteiger partial charge in [-0.1, -0.05) is 67.4 Å². The minimum Gasteiger partial charge on any atom is -0.364 e. The fourth-order valence-electron chi connectivity index (χ4n) is 3.91. The van der Waals surface area contributed by atoms with Gasteiger partial charge in [0, 0.05) is 29.6 Å². The Morgan fingerprint density at radius 3 is 2.30 bits per heavy atom. The Kier molecular flexibility index (Phi) is 6.18. The van der Waals surface area contributed by atoms with E-state index in [9.17, 15) is 22.4 Å². The van der Waals surface area contributed by atoms with Crippen LogP contribution in [0.2, 0.25) is 0 Å². The minimum absolute atomic E-state index is 0.0907. The number of carbonyl (C=O) groups excluding carboxylic acids is 1. The third-order valence-electron chi connectivity index (χ3n) is 5.39. The van der Waals surface area contributed by atoms with Crippen LogP contribution >= 0.6 is 12.8 Å². The molecule has 0 radical (unpaired) electrons. The number of carbonyl (C=O) groups is 1. The van der Waals surface area contributed by atoms with Gasteiger partial charge in [0.1, 0.15) is 11.5 Å². The van der Waals surface area contributed by atoms with Crippen molar-refractivity contribution in [3.05, 3.63) is 94.9 Å². The molecule has 0 fully saturated rings. The van der Waals surface area contributed by atoms with Gasteiger partial charge in [-0.05, 0) is 23.3 Å². The lowest BCUT2D eigenvalue weighted by Crippen LogP contribution is -2.17. The molecule has 1 amide bonds. The summed E-state index contributed by atoms with van der Waals surface area (Å²) in [5, 5.41) is 3.78. The van der Waals surface area contributed by atoms with Crippen LogP contribution in [0.1, 0.15) is 27.2 Å². The number of para-hydroxylation sites is 1. The Balaban J connectivity index is 1.68. The maximum Gasteiger partial charge on any atom is 0.419 e. The zero-order chi connectivity index (χ0) is 23.8. The quantitative estimate of drug-likeness (QED) is 0.254. The van der Waals surface area contributed by atoms with Gasteiger partial charge in [0.25, 0.3) is 5.91 Å². The van der Waals surface area contributed by atoms with Crippen molar-refractivity contribution in [2.75, 3.05) is 0 Å². The van der Waals surface area contributed by atoms with Gasteiger partial charge in [0.15, 0.2) is 0 Å². The number of hydrogen-bond donors (Lipinski definition) is 3. The van der Waals surface area contributed by atoms with Gasteiger partial charge in [-0.2, -0.15) is 13.2 Å². The second-order valence-corrected chi connectivity index (χ2v) is 7.85. The highest BCUT2D eigenvalue weighted by Crippen LogP contribution is 2.37. The molecule has 3 N–H and O–H groups in total. The fraction of sp³-hybridized carbons (Fsp3) is 0.125. The standard InChI is InChI=1S/C24H19F4N3OS/c25-21-15(7-5-10-18(21)24(26,27)28)13-30-12-14-6-1-2-8-16(14)20-17-9-3-4-11-19(17)31(33)22(20)23(29)32/h1-11,30,33H,12-13H2,(H2,29,32). The molecular formula is C24H19F4N3OS. The maximum absolute atomic E-state index is 14.3. The van der Waals surface area contributed by atoms with Crippen LogP contribution in [0.15, 0.2) is 66.7 Å². The highest BCUT2D eigenvalue weighted by atomic mass is 32.1. The highest BCUT2D eigenvalue weighted by Gasteiger charge is 2.34. The van der Waals surface area contributed by atoms with Gasteiger partial charge >= 0.3 is 6.18 Å². The lowest BCUT2D eigenvalue weighted by atomic mass is 9.96. The van der Waals surface area contributed by atoms with Crippen molar-refractivity contribution < 1.29 is 22.4 Å². The molecule has 4 nitrogen and oxygen atoms in total. The highest BCUT2D eigenvalue weighted by molar-refractivity contribution is 7.78. The van der Waals surface area contributed by atoms with Crippen molar-refractivity contribution in [3.63, 3.8) is 0 Å². The van der Waals surface area contributed by atoms with Crippen LogP contribution in [0.3, 0.4) is 0 Å². The molecular weight excluding hydrogens is 454 g/mol. The van der Waals surface area contributed by atoms with E-state index in [0.29, 0.717) is 22.7 Å². The van der Waals surface area contributed by atoms with Crippen molar-refractivity contribution in [3.8, 4) is 11.1 Å². The average molecular weight is 473 g/mol. The molecule has 1 aromatic heterocycles. The van der Waals surface area contributed by atoms with Crippen molar-refractivity contribution in [2.24, 2.45) is 5.73 Å². The molecule has 0 bridgehead atoms. The number of amides is 1. The number of alkyl halides is 3. The number of hydrogen-bond acceptors (Lipinski definition) is 3. The third kappa shape index (κ3) is 4.34. The second kappa shape index (κ2) is 8.92. The average Bonchev–Trinajstić information content (AvgIpc) is 3.07. The number of nitrogens with one attached hydrogen (secondary N) is 1. The molecule has 0 aliphatic rings. The SMILES string of the molecule is NC(=O)c1c(-c2ccccc2CNCc2cccc(C(F)(F)F)c2F)c2ccccc2n1S. The Morgan fingerprint density at radius 2 is 1.58 bits per heavy atom. The summed E-state index contributed by atoms with van der Waals surface area (Å²) < 4.78 is 54.7. The van der Waals surface area contributed by atoms with E-state index in [1.807, 2.05) is 36.4 Å². The summed E-state index contributed by atoms with van der Waals surface area (Å²) >= 11 is 4.44. The number of thiol groups is 1. The minimum atomic E-state index is -4.76. The van der Waals surface area contributed by atoms with E-state index >= 15 is 0 Å². The predicted molar refractivity (Wildman–Crippen MR) is 122 cm³/mol. The number of fused-ring (bicyclic) bond motifs is 1. The van der Waals surface area contributed by atoms with Gasteiger partial charge in [0.2, 0.25) is 0 Å². The zero-order valence-corrected chi connectivity index (χ0v) is 18.1. The van der Waals surface area contributed by atoms with Gasteiger partial charge < -0.3 is 11.1 Å². The molecule has 9 heteroatoms. The van der Waals surface area contributed by atoms with Crippen LogP contribution in [-0.4, -0.2) is 9.88 Å². The van der Waals surface area contributed by atoms with E-state index in [4.69, 9.17) is 5.73 Å². The van der Waals surface area contributed by atoms with E-state index < -0.39 is 23.5 Å². The molecule has 0 atom stereocenters. The monoisotopic (exact) mass is 473 g/mol. The summed E-state index contributed by atoms with van der Waals surface area (Å²) in [7, 11) is 0. The van der Waals surface area contributed by atoms with Gasteiger partial charge in [0.05, 0.1) is 11.1 Å². The van der Waals surface area contributed by atoms with Crippen LogP contribution < -0.4 is 11.1 Å². The Hall–Kier alpha value is -3.30. The van der Waals surface area contributed by atoms with Crippen LogP contribution in [0, 0.1) is 5.82 Å². The molecule has 0 aliphatic heterocycles. The first-order valence-corrected chi connectivity index (χ1v) is 10.4.